The van der Waals surface area contributed by atoms with Crippen molar-refractivity contribution in [2.24, 2.45) is 0 Å². The summed E-state index contributed by atoms with van der Waals surface area (Å²) in [6, 6.07) is 0. The largest absolute Gasteiger partial charge is 0.477 e. The van der Waals surface area contributed by atoms with Gasteiger partial charge in [0.1, 0.15) is 13.2 Å². The number of ether oxygens (including phenoxy) is 4. The molecule has 0 aliphatic rings. The first-order valence-corrected chi connectivity index (χ1v) is 36.6. The Bertz CT molecular complexity index is 1640. The Kier molecular flexibility index (Phi) is 65.1. The topological polar surface area (TPSA) is 108 Å². The maximum Gasteiger partial charge on any atom is 0.361 e. The van der Waals surface area contributed by atoms with E-state index < -0.39 is 18.4 Å². The molecule has 0 heterocycles. The van der Waals surface area contributed by atoms with Crippen molar-refractivity contribution in [2.75, 3.05) is 47.5 Å². The molecular weight excluding hydrogens is 1070 g/mol. The highest BCUT2D eigenvalue weighted by Crippen LogP contribution is 2.19. The molecule has 0 fully saturated rings. The fourth-order valence-corrected chi connectivity index (χ4v) is 10.7. The summed E-state index contributed by atoms with van der Waals surface area (Å²) in [6.45, 7) is 4.82. The zero-order valence-electron chi connectivity index (χ0n) is 57.2. The van der Waals surface area contributed by atoms with Crippen LogP contribution in [-0.2, 0) is 33.3 Å². The predicted molar refractivity (Wildman–Crippen MR) is 369 cm³/mol. The van der Waals surface area contributed by atoms with Gasteiger partial charge >= 0.3 is 17.9 Å². The summed E-state index contributed by atoms with van der Waals surface area (Å²) in [5, 5.41) is 9.75. The molecule has 0 aromatic carbocycles. The van der Waals surface area contributed by atoms with Crippen LogP contribution < -0.4 is 0 Å². The highest BCUT2D eigenvalue weighted by Gasteiger charge is 2.25. The van der Waals surface area contributed by atoms with Crippen LogP contribution in [0, 0.1) is 0 Å². The normalized spacial score (nSPS) is 13.1. The molecule has 0 amide bonds. The van der Waals surface area contributed by atoms with Crippen LogP contribution in [0.5, 0.6) is 0 Å². The van der Waals surface area contributed by atoms with E-state index in [1.165, 1.54) is 238 Å². The number of carboxylic acid groups (broad SMARTS) is 1. The van der Waals surface area contributed by atoms with E-state index in [1.54, 1.807) is 0 Å². The summed E-state index contributed by atoms with van der Waals surface area (Å²) in [6.07, 6.45) is 87.4. The molecule has 0 aliphatic heterocycles. The lowest BCUT2D eigenvalue weighted by molar-refractivity contribution is -0.870. The van der Waals surface area contributed by atoms with Crippen LogP contribution in [0.15, 0.2) is 72.9 Å². The van der Waals surface area contributed by atoms with Crippen LogP contribution in [0.25, 0.3) is 0 Å². The molecule has 0 radical (unpaired) electrons. The van der Waals surface area contributed by atoms with E-state index in [9.17, 15) is 19.5 Å². The van der Waals surface area contributed by atoms with Gasteiger partial charge in [-0.1, -0.05) is 337 Å². The standard InChI is InChI=1S/C77H139NO8/c1-6-8-10-12-14-16-18-20-22-24-26-28-30-32-33-34-35-36-37-38-39-40-41-42-43-44-46-48-50-52-54-56-58-60-62-64-66-68-75(80)86-73(72-85-77(76(81)82)83-70-69-78(3,4)5)71-84-74(79)67-65-63-61-59-57-55-53-51-49-47-45-31-29-27-25-23-21-19-17-15-13-11-9-7-2/h8,10,14,16,20,22,26,28,32-33,35-36,73,77H,6-7,9,11-13,15,17-19,21,23-25,27,29-31,34,37-72H2,1-5H3/p+1/b10-8-,16-14-,22-20-,28-26-,33-32-,36-35-. The average molecular weight is 1210 g/mol. The van der Waals surface area contributed by atoms with Crippen molar-refractivity contribution >= 4 is 17.9 Å². The third kappa shape index (κ3) is 68.2. The zero-order valence-corrected chi connectivity index (χ0v) is 57.2. The average Bonchev–Trinajstić information content (AvgIpc) is 3.64. The van der Waals surface area contributed by atoms with Crippen LogP contribution in [0.3, 0.4) is 0 Å². The van der Waals surface area contributed by atoms with Crippen LogP contribution in [0.2, 0.25) is 0 Å². The van der Waals surface area contributed by atoms with Crippen LogP contribution in [-0.4, -0.2) is 87.4 Å². The van der Waals surface area contributed by atoms with E-state index in [0.717, 1.165) is 77.0 Å². The molecule has 2 atom stereocenters. The van der Waals surface area contributed by atoms with Gasteiger partial charge in [0.05, 0.1) is 34.4 Å². The summed E-state index contributed by atoms with van der Waals surface area (Å²) in [5.41, 5.74) is 0. The van der Waals surface area contributed by atoms with Gasteiger partial charge in [0, 0.05) is 12.8 Å². The fraction of sp³-hybridized carbons (Fsp3) is 0.805. The number of hydrogen-bond donors (Lipinski definition) is 1. The number of likely N-dealkylation sites (N-methyl/N-ethyl adjacent to an activating group) is 1. The Morgan fingerprint density at radius 1 is 0.360 bits per heavy atom. The van der Waals surface area contributed by atoms with E-state index in [4.69, 9.17) is 18.9 Å². The van der Waals surface area contributed by atoms with Gasteiger partial charge < -0.3 is 28.5 Å². The smallest absolute Gasteiger partial charge is 0.361 e. The minimum Gasteiger partial charge on any atom is -0.477 e. The van der Waals surface area contributed by atoms with Gasteiger partial charge in [-0.25, -0.2) is 4.79 Å². The molecule has 0 aromatic heterocycles. The van der Waals surface area contributed by atoms with Crippen molar-refractivity contribution < 1.29 is 42.9 Å². The summed E-state index contributed by atoms with van der Waals surface area (Å²) in [7, 11) is 5.99. The number of quaternary nitrogens is 1. The summed E-state index contributed by atoms with van der Waals surface area (Å²) in [4.78, 5) is 37.6. The molecule has 9 nitrogen and oxygen atoms in total. The van der Waals surface area contributed by atoms with E-state index in [0.29, 0.717) is 17.4 Å². The molecule has 0 saturated carbocycles. The molecule has 86 heavy (non-hydrogen) atoms. The number of allylic oxidation sites excluding steroid dienone is 12. The monoisotopic (exact) mass is 1210 g/mol. The molecule has 0 aromatic rings. The molecule has 500 valence electrons. The van der Waals surface area contributed by atoms with Crippen LogP contribution in [0.4, 0.5) is 0 Å². The number of hydrogen-bond acceptors (Lipinski definition) is 7. The third-order valence-corrected chi connectivity index (χ3v) is 16.2. The fourth-order valence-electron chi connectivity index (χ4n) is 10.7. The van der Waals surface area contributed by atoms with E-state index in [1.807, 2.05) is 21.1 Å². The second-order valence-corrected chi connectivity index (χ2v) is 25.9. The second-order valence-electron chi connectivity index (χ2n) is 25.9. The number of nitrogens with zero attached hydrogens (tertiary/aromatic N) is 1. The van der Waals surface area contributed by atoms with Gasteiger partial charge in [-0.15, -0.1) is 0 Å². The highest BCUT2D eigenvalue weighted by atomic mass is 16.7. The molecule has 1 N–H and O–H groups in total. The minimum atomic E-state index is -1.51. The van der Waals surface area contributed by atoms with Crippen molar-refractivity contribution in [3.8, 4) is 0 Å². The molecule has 0 saturated heterocycles. The highest BCUT2D eigenvalue weighted by molar-refractivity contribution is 5.71. The molecule has 0 bridgehead atoms. The first-order valence-electron chi connectivity index (χ1n) is 36.6. The lowest BCUT2D eigenvalue weighted by Crippen LogP contribution is -2.40. The van der Waals surface area contributed by atoms with E-state index in [2.05, 4.69) is 86.8 Å². The molecule has 0 aliphatic carbocycles. The van der Waals surface area contributed by atoms with Gasteiger partial charge in [-0.3, -0.25) is 9.59 Å². The van der Waals surface area contributed by atoms with Crippen molar-refractivity contribution in [2.45, 2.75) is 354 Å². The summed E-state index contributed by atoms with van der Waals surface area (Å²) < 4.78 is 23.0. The molecule has 0 spiro atoms. The first kappa shape index (κ1) is 82.7. The number of carbonyl (C=O) groups is 3. The Morgan fingerprint density at radius 2 is 0.663 bits per heavy atom. The van der Waals surface area contributed by atoms with Crippen molar-refractivity contribution in [1.82, 2.24) is 0 Å². The lowest BCUT2D eigenvalue weighted by atomic mass is 10.0. The van der Waals surface area contributed by atoms with E-state index in [-0.39, 0.29) is 38.2 Å². The number of esters is 2. The molecule has 2 unspecified atom stereocenters. The van der Waals surface area contributed by atoms with Gasteiger partial charge in [0.25, 0.3) is 6.29 Å². The Hall–Kier alpha value is -3.27. The van der Waals surface area contributed by atoms with Crippen LogP contribution in [0.1, 0.15) is 341 Å². The van der Waals surface area contributed by atoms with Gasteiger partial charge in [-0.2, -0.15) is 0 Å². The number of carbonyl (C=O) groups excluding carboxylic acids is 2. The maximum atomic E-state index is 13.0. The summed E-state index contributed by atoms with van der Waals surface area (Å²) in [5.74, 6) is -1.98. The number of carboxylic acids is 1. The number of rotatable bonds is 68. The third-order valence-electron chi connectivity index (χ3n) is 16.2. The van der Waals surface area contributed by atoms with Gasteiger partial charge in [-0.05, 0) is 64.2 Å². The molecular formula is C77H140NO8+. The maximum absolute atomic E-state index is 13.0. The van der Waals surface area contributed by atoms with Crippen LogP contribution >= 0.6 is 0 Å². The Morgan fingerprint density at radius 3 is 0.988 bits per heavy atom. The first-order chi connectivity index (χ1) is 42.1. The van der Waals surface area contributed by atoms with Crippen molar-refractivity contribution in [1.29, 1.82) is 0 Å². The molecule has 9 heteroatoms. The number of aliphatic carboxylic acids is 1. The zero-order chi connectivity index (χ0) is 62.6. The Balaban J connectivity index is 4.04. The minimum absolute atomic E-state index is 0.178. The van der Waals surface area contributed by atoms with Gasteiger partial charge in [0.15, 0.2) is 6.10 Å². The lowest BCUT2D eigenvalue weighted by Gasteiger charge is -2.25. The van der Waals surface area contributed by atoms with Crippen molar-refractivity contribution in [3.05, 3.63) is 72.9 Å². The SMILES string of the molecule is CC/C=C\C/C=C\C/C=C\C/C=C\C/C=C\C/C=C\CCCCCCCCCCCCCCCCCCCCC(=O)OC(COC(=O)CCCCCCCCCCCCCCCCCCCCCCCCCC)COC(OCC[N+](C)(C)C)C(=O)O. The Labute approximate surface area is 532 Å². The van der Waals surface area contributed by atoms with Gasteiger partial charge in [0.2, 0.25) is 0 Å². The number of unbranched alkanes of at least 4 members (excludes halogenated alkanes) is 41. The quantitative estimate of drug-likeness (QED) is 0.0211. The second kappa shape index (κ2) is 67.7. The predicted octanol–water partition coefficient (Wildman–Crippen LogP) is 22.9. The summed E-state index contributed by atoms with van der Waals surface area (Å²) >= 11 is 0. The molecule has 0 rings (SSSR count). The van der Waals surface area contributed by atoms with E-state index >= 15 is 0 Å². The van der Waals surface area contributed by atoms with Crippen molar-refractivity contribution in [3.63, 3.8) is 0 Å².